The molecule has 9 rings (SSSR count). The van der Waals surface area contributed by atoms with Crippen LogP contribution in [0, 0.1) is 56.8 Å². The summed E-state index contributed by atoms with van der Waals surface area (Å²) in [6.07, 6.45) is 5.28. The molecule has 2 amide bonds. The molecule has 8 nitrogen and oxygen atoms in total. The van der Waals surface area contributed by atoms with E-state index in [1.165, 1.54) is 75.6 Å². The number of Topliss-reactive ketones (excluding diaryl/α,β-unsaturated/α-hetero) is 1. The van der Waals surface area contributed by atoms with Crippen molar-refractivity contribution < 1.29 is 36.3 Å². The molecule has 0 radical (unpaired) electrons. The van der Waals surface area contributed by atoms with Gasteiger partial charge in [0.15, 0.2) is 5.78 Å². The number of amides is 2. The third-order valence-corrected chi connectivity index (χ3v) is 16.2. The number of benzene rings is 6. The summed E-state index contributed by atoms with van der Waals surface area (Å²) in [6.45, 7) is 15.4. The molecule has 3 heterocycles. The average Bonchev–Trinajstić information content (AvgIpc) is 4.14. The summed E-state index contributed by atoms with van der Waals surface area (Å²) in [5.74, 6) is -4.71. The zero-order valence-electron chi connectivity index (χ0n) is 39.3. The molecule has 368 valence electrons. The molecule has 0 spiro atoms. The number of hydrogen-bond acceptors (Lipinski definition) is 6. The van der Waals surface area contributed by atoms with Crippen molar-refractivity contribution in [2.24, 2.45) is 0 Å². The Morgan fingerprint density at radius 1 is 0.500 bits per heavy atom. The normalized spacial score (nSPS) is 10.2. The average molecular weight is 1190 g/mol. The number of nitrogens with one attached hydrogen (secondary N) is 2. The zero-order chi connectivity index (χ0) is 52.5. The first-order valence-electron chi connectivity index (χ1n) is 21.5. The molecule has 0 bridgehead atoms. The number of aromatic nitrogens is 3. The summed E-state index contributed by atoms with van der Waals surface area (Å²) in [5.41, 5.74) is 5.96. The van der Waals surface area contributed by atoms with E-state index in [0.717, 1.165) is 48.3 Å². The standard InChI is InChI=1S/2C17H12F2N2OSe.C11H10ClNSe.C8H7FO.C2H4/c1-10-5-2-3-6-11(10)14-9-20-17(23-14)21-16(22)15-12(18)7-4-8-13(15)19;1-10-6-7-11(18)8-13(10)15-9-20-17(23-15)21-16(22)12-4-2-3-5-14(12)19;1-7-3-4-9(12)5-10(7)11-6-13-8(2)14-11;1-6(10)7-4-2-3-5-8(7)9;1-2/h2*2-9H,1H3,(H,20,21,22);3-6H,1-2H3;2-5H,1H3;1-2H2. The molecule has 0 aliphatic heterocycles. The molecule has 72 heavy (non-hydrogen) atoms. The zero-order valence-corrected chi connectivity index (χ0v) is 45.2. The maximum atomic E-state index is 13.6. The van der Waals surface area contributed by atoms with Crippen molar-refractivity contribution >= 4 is 82.1 Å². The van der Waals surface area contributed by atoms with Gasteiger partial charge in [-0.15, -0.1) is 13.2 Å². The van der Waals surface area contributed by atoms with Crippen LogP contribution in [0.4, 0.5) is 31.3 Å². The number of nitrogens with zero attached hydrogens (tertiary/aromatic N) is 3. The van der Waals surface area contributed by atoms with Gasteiger partial charge in [-0.05, 0) is 19.1 Å². The van der Waals surface area contributed by atoms with E-state index in [9.17, 15) is 36.3 Å². The second-order valence-corrected chi connectivity index (χ2v) is 22.4. The Morgan fingerprint density at radius 2 is 0.958 bits per heavy atom. The van der Waals surface area contributed by atoms with E-state index in [4.69, 9.17) is 11.6 Å². The number of halogens is 6. The molecule has 0 fully saturated rings. The van der Waals surface area contributed by atoms with Gasteiger partial charge in [0, 0.05) is 0 Å². The maximum absolute atomic E-state index is 13.6. The van der Waals surface area contributed by atoms with Crippen LogP contribution >= 0.6 is 11.6 Å². The molecule has 0 saturated heterocycles. The van der Waals surface area contributed by atoms with Crippen LogP contribution in [-0.2, 0) is 0 Å². The van der Waals surface area contributed by atoms with Gasteiger partial charge in [0.2, 0.25) is 0 Å². The number of aryl methyl sites for hydroxylation is 4. The molecule has 0 aliphatic carbocycles. The minimum atomic E-state index is -0.888. The first kappa shape index (κ1) is 56.3. The van der Waals surface area contributed by atoms with Gasteiger partial charge in [-0.1, -0.05) is 12.1 Å². The number of hydrogen-bond donors (Lipinski definition) is 2. The first-order valence-corrected chi connectivity index (χ1v) is 27.0. The Labute approximate surface area is 437 Å². The summed E-state index contributed by atoms with van der Waals surface area (Å²) < 4.78 is 72.2. The van der Waals surface area contributed by atoms with Gasteiger partial charge in [-0.2, -0.15) is 0 Å². The Morgan fingerprint density at radius 3 is 1.50 bits per heavy atom. The Bertz CT molecular complexity index is 3300. The van der Waals surface area contributed by atoms with Crippen LogP contribution < -0.4 is 10.6 Å². The van der Waals surface area contributed by atoms with Gasteiger partial charge in [-0.25, -0.2) is 4.39 Å². The minimum absolute atomic E-state index is 0.0265. The molecule has 0 atom stereocenters. The van der Waals surface area contributed by atoms with Gasteiger partial charge in [0.25, 0.3) is 0 Å². The van der Waals surface area contributed by atoms with Gasteiger partial charge >= 0.3 is 369 Å². The topological polar surface area (TPSA) is 114 Å². The van der Waals surface area contributed by atoms with Crippen LogP contribution in [0.5, 0.6) is 0 Å². The van der Waals surface area contributed by atoms with Gasteiger partial charge in [-0.3, -0.25) is 4.79 Å². The van der Waals surface area contributed by atoms with E-state index in [1.54, 1.807) is 36.7 Å². The molecule has 2 N–H and O–H groups in total. The Kier molecular flexibility index (Phi) is 21.3. The van der Waals surface area contributed by atoms with Crippen molar-refractivity contribution in [1.29, 1.82) is 0 Å². The van der Waals surface area contributed by atoms with Crippen LogP contribution in [0.3, 0.4) is 0 Å². The fourth-order valence-corrected chi connectivity index (χ4v) is 12.1. The van der Waals surface area contributed by atoms with E-state index in [-0.39, 0.29) is 51.7 Å². The second kappa shape index (κ2) is 27.3. The number of rotatable bonds is 8. The number of carbonyl (C=O) groups excluding carboxylic acids is 3. The van der Waals surface area contributed by atoms with Crippen LogP contribution in [-0.4, -0.2) is 76.1 Å². The van der Waals surface area contributed by atoms with Crippen LogP contribution in [0.25, 0.3) is 30.0 Å². The summed E-state index contributed by atoms with van der Waals surface area (Å²) in [5, 5.41) is 5.92. The van der Waals surface area contributed by atoms with Crippen molar-refractivity contribution in [3.63, 3.8) is 0 Å². The van der Waals surface area contributed by atoms with Crippen molar-refractivity contribution in [1.82, 2.24) is 15.0 Å². The van der Waals surface area contributed by atoms with Gasteiger partial charge in [0.1, 0.15) is 5.82 Å². The number of ketones is 1. The molecule has 0 aliphatic rings. The van der Waals surface area contributed by atoms with Crippen LogP contribution in [0.15, 0.2) is 159 Å². The third-order valence-electron chi connectivity index (χ3n) is 9.98. The molecule has 9 aromatic rings. The van der Waals surface area contributed by atoms with Crippen LogP contribution in [0.2, 0.25) is 5.02 Å². The SMILES string of the molecule is C=C.CC(=O)c1ccccc1F.Cc1ccc(F)cc1-c1cnc(NC(=O)c2ccccc2F)[se]1.Cc1ccccc1-c1cnc(NC(=O)c2c(F)cccc2F)[se]1.Cc1ncc(-c2cc(Cl)ccc2C)[se]1. The van der Waals surface area contributed by atoms with Crippen molar-refractivity contribution in [3.8, 4) is 30.0 Å². The molecule has 0 saturated carbocycles. The summed E-state index contributed by atoms with van der Waals surface area (Å²) in [6, 6.07) is 33.5. The molecular weight excluding hydrogens is 1150 g/mol. The van der Waals surface area contributed by atoms with Gasteiger partial charge in [0.05, 0.1) is 5.56 Å². The Hall–Kier alpha value is -6.60. The Balaban J connectivity index is 0.000000184. The summed E-state index contributed by atoms with van der Waals surface area (Å²) in [4.78, 5) is 47.4. The molecule has 3 aromatic heterocycles. The van der Waals surface area contributed by atoms with E-state index in [1.807, 2.05) is 56.4 Å². The van der Waals surface area contributed by atoms with E-state index in [0.29, 0.717) is 23.9 Å². The quantitative estimate of drug-likeness (QED) is 0.0678. The number of carbonyl (C=O) groups is 3. The van der Waals surface area contributed by atoms with Crippen LogP contribution in [0.1, 0.15) is 59.3 Å². The third kappa shape index (κ3) is 15.7. The predicted octanol–water partition coefficient (Wildman–Crippen LogP) is 13.2. The number of anilines is 2. The van der Waals surface area contributed by atoms with E-state index in [2.05, 4.69) is 58.7 Å². The molecule has 17 heteroatoms. The van der Waals surface area contributed by atoms with E-state index >= 15 is 0 Å². The fourth-order valence-electron chi connectivity index (χ4n) is 6.40. The predicted molar refractivity (Wildman–Crippen MR) is 280 cm³/mol. The monoisotopic (exact) mass is 1190 g/mol. The van der Waals surface area contributed by atoms with E-state index < -0.39 is 40.6 Å². The summed E-state index contributed by atoms with van der Waals surface area (Å²) >= 11 is 5.88. The van der Waals surface area contributed by atoms with Crippen molar-refractivity contribution in [2.75, 3.05) is 10.6 Å². The molecule has 0 unspecified atom stereocenters. The fraction of sp³-hybridized carbons (Fsp3) is 0.0909. The van der Waals surface area contributed by atoms with Crippen molar-refractivity contribution in [3.05, 3.63) is 231 Å². The van der Waals surface area contributed by atoms with Crippen molar-refractivity contribution in [2.45, 2.75) is 34.6 Å². The second-order valence-electron chi connectivity index (χ2n) is 15.1. The molecule has 6 aromatic carbocycles. The first-order chi connectivity index (χ1) is 34.5. The van der Waals surface area contributed by atoms with Gasteiger partial charge < -0.3 is 0 Å². The molecular formula is C55H45ClF5N5O3Se3. The summed E-state index contributed by atoms with van der Waals surface area (Å²) in [7, 11) is 0.